The number of hydrogen-bond donors (Lipinski definition) is 0. The fourth-order valence-electron chi connectivity index (χ4n) is 4.71. The van der Waals surface area contributed by atoms with E-state index in [0.717, 1.165) is 18.4 Å². The topological polar surface area (TPSA) is 66.9 Å². The molecule has 0 aromatic heterocycles. The van der Waals surface area contributed by atoms with Crippen molar-refractivity contribution in [1.29, 1.82) is 0 Å². The number of ether oxygens (including phenoxy) is 1. The van der Waals surface area contributed by atoms with Gasteiger partial charge < -0.3 is 9.64 Å². The van der Waals surface area contributed by atoms with Crippen LogP contribution in [0.4, 0.5) is 0 Å². The number of carbonyl (C=O) groups excluding carboxylic acids is 1. The molecule has 2 aliphatic rings. The third-order valence-electron chi connectivity index (χ3n) is 6.92. The number of amides is 1. The molecule has 0 unspecified atom stereocenters. The number of likely N-dealkylation sites (tertiary alicyclic amines) is 1. The van der Waals surface area contributed by atoms with E-state index in [1.165, 1.54) is 0 Å². The first kappa shape index (κ1) is 23.1. The maximum absolute atomic E-state index is 13.2. The fourth-order valence-corrected chi connectivity index (χ4v) is 6.27. The van der Waals surface area contributed by atoms with Gasteiger partial charge in [-0.05, 0) is 68.7 Å². The molecule has 172 valence electrons. The predicted octanol–water partition coefficient (Wildman–Crippen LogP) is 3.94. The van der Waals surface area contributed by atoms with Crippen LogP contribution in [0.15, 0.2) is 53.4 Å². The lowest BCUT2D eigenvalue weighted by atomic mass is 9.70. The second-order valence-corrected chi connectivity index (χ2v) is 11.7. The summed E-state index contributed by atoms with van der Waals surface area (Å²) in [4.78, 5) is 15.4. The van der Waals surface area contributed by atoms with Gasteiger partial charge in [0.05, 0.1) is 17.4 Å². The average molecular weight is 477 g/mol. The molecule has 32 heavy (non-hydrogen) atoms. The second-order valence-electron chi connectivity index (χ2n) is 9.37. The number of sulfonamides is 1. The molecule has 0 saturated carbocycles. The molecule has 4 rings (SSSR count). The summed E-state index contributed by atoms with van der Waals surface area (Å²) in [6, 6.07) is 13.9. The van der Waals surface area contributed by atoms with Crippen molar-refractivity contribution < 1.29 is 17.9 Å². The van der Waals surface area contributed by atoms with Crippen LogP contribution in [0.5, 0.6) is 5.75 Å². The molecule has 0 bridgehead atoms. The van der Waals surface area contributed by atoms with Crippen molar-refractivity contribution in [2.45, 2.75) is 37.0 Å². The van der Waals surface area contributed by atoms with Crippen molar-refractivity contribution in [3.8, 4) is 5.75 Å². The van der Waals surface area contributed by atoms with Crippen LogP contribution >= 0.6 is 11.6 Å². The Morgan fingerprint density at radius 1 is 1.00 bits per heavy atom. The fraction of sp³-hybridized carbons (Fsp3) is 0.458. The van der Waals surface area contributed by atoms with Gasteiger partial charge in [0.1, 0.15) is 5.75 Å². The highest BCUT2D eigenvalue weighted by Crippen LogP contribution is 2.43. The van der Waals surface area contributed by atoms with E-state index in [4.69, 9.17) is 16.3 Å². The Morgan fingerprint density at radius 3 is 2.09 bits per heavy atom. The molecule has 2 aliphatic heterocycles. The van der Waals surface area contributed by atoms with Gasteiger partial charge in [0, 0.05) is 36.6 Å². The minimum Gasteiger partial charge on any atom is -0.497 e. The normalized spacial score (nSPS) is 18.9. The van der Waals surface area contributed by atoms with Crippen molar-refractivity contribution in [1.82, 2.24) is 9.21 Å². The third kappa shape index (κ3) is 4.14. The average Bonchev–Trinajstić information content (AvgIpc) is 2.77. The summed E-state index contributed by atoms with van der Waals surface area (Å²) in [5, 5.41) is 0.649. The molecule has 0 radical (unpaired) electrons. The SMILES string of the molecule is COc1ccc(S(=O)(=O)N2CCC3(CC2)CN(C(=O)C(C)(C)c2ccc(Cl)cc2)C3)cc1. The first-order valence-electron chi connectivity index (χ1n) is 10.8. The Morgan fingerprint density at radius 2 is 1.56 bits per heavy atom. The van der Waals surface area contributed by atoms with Gasteiger partial charge in [-0.3, -0.25) is 4.79 Å². The van der Waals surface area contributed by atoms with Gasteiger partial charge in [-0.25, -0.2) is 8.42 Å². The van der Waals surface area contributed by atoms with Crippen LogP contribution in [0.1, 0.15) is 32.3 Å². The Hall–Kier alpha value is -2.09. The van der Waals surface area contributed by atoms with Crippen molar-refractivity contribution in [3.05, 3.63) is 59.1 Å². The summed E-state index contributed by atoms with van der Waals surface area (Å²) in [5.41, 5.74) is 0.315. The Bertz CT molecular complexity index is 1080. The predicted molar refractivity (Wildman–Crippen MR) is 124 cm³/mol. The van der Waals surface area contributed by atoms with E-state index in [9.17, 15) is 13.2 Å². The number of carbonyl (C=O) groups is 1. The van der Waals surface area contributed by atoms with E-state index in [1.54, 1.807) is 35.7 Å². The van der Waals surface area contributed by atoms with E-state index < -0.39 is 15.4 Å². The van der Waals surface area contributed by atoms with E-state index >= 15 is 0 Å². The molecule has 2 heterocycles. The summed E-state index contributed by atoms with van der Waals surface area (Å²) in [5.74, 6) is 0.723. The highest BCUT2D eigenvalue weighted by Gasteiger charge is 2.50. The number of methoxy groups -OCH3 is 1. The van der Waals surface area contributed by atoms with Gasteiger partial charge in [-0.1, -0.05) is 23.7 Å². The first-order chi connectivity index (χ1) is 15.1. The van der Waals surface area contributed by atoms with Crippen molar-refractivity contribution in [2.24, 2.45) is 5.41 Å². The Balaban J connectivity index is 1.37. The minimum atomic E-state index is -3.53. The van der Waals surface area contributed by atoms with Gasteiger partial charge in [0.15, 0.2) is 0 Å². The maximum atomic E-state index is 13.2. The molecule has 0 aliphatic carbocycles. The molecule has 6 nitrogen and oxygen atoms in total. The highest BCUT2D eigenvalue weighted by atomic mass is 35.5. The summed E-state index contributed by atoms with van der Waals surface area (Å²) in [6.07, 6.45) is 1.51. The number of nitrogens with zero attached hydrogens (tertiary/aromatic N) is 2. The van der Waals surface area contributed by atoms with E-state index in [2.05, 4.69) is 0 Å². The molecular formula is C24H29ClN2O4S. The highest BCUT2D eigenvalue weighted by molar-refractivity contribution is 7.89. The lowest BCUT2D eigenvalue weighted by Crippen LogP contribution is -2.64. The van der Waals surface area contributed by atoms with E-state index in [1.807, 2.05) is 43.0 Å². The molecule has 8 heteroatoms. The molecular weight excluding hydrogens is 448 g/mol. The number of rotatable bonds is 5. The largest absolute Gasteiger partial charge is 0.497 e. The summed E-state index contributed by atoms with van der Waals surface area (Å²) >= 11 is 5.99. The quantitative estimate of drug-likeness (QED) is 0.655. The van der Waals surface area contributed by atoms with Crippen LogP contribution in [0.2, 0.25) is 5.02 Å². The number of piperidine rings is 1. The van der Waals surface area contributed by atoms with Gasteiger partial charge in [0.2, 0.25) is 15.9 Å². The molecule has 2 aromatic rings. The molecule has 0 atom stereocenters. The minimum absolute atomic E-state index is 0.0116. The third-order valence-corrected chi connectivity index (χ3v) is 9.09. The van der Waals surface area contributed by atoms with Crippen molar-refractivity contribution in [3.63, 3.8) is 0 Å². The van der Waals surface area contributed by atoms with Crippen LogP contribution < -0.4 is 4.74 Å². The molecule has 1 spiro atoms. The Labute approximate surface area is 195 Å². The van der Waals surface area contributed by atoms with Gasteiger partial charge in [-0.15, -0.1) is 0 Å². The van der Waals surface area contributed by atoms with Gasteiger partial charge in [-0.2, -0.15) is 4.31 Å². The summed E-state index contributed by atoms with van der Waals surface area (Å²) in [6.45, 7) is 6.17. The molecule has 2 aromatic carbocycles. The lowest BCUT2D eigenvalue weighted by Gasteiger charge is -2.55. The smallest absolute Gasteiger partial charge is 0.243 e. The maximum Gasteiger partial charge on any atom is 0.243 e. The van der Waals surface area contributed by atoms with Crippen LogP contribution in [0.3, 0.4) is 0 Å². The summed E-state index contributed by atoms with van der Waals surface area (Å²) < 4.78 is 32.7. The zero-order chi connectivity index (χ0) is 23.1. The first-order valence-corrected chi connectivity index (χ1v) is 12.6. The monoisotopic (exact) mass is 476 g/mol. The standard InChI is InChI=1S/C24H29ClN2O4S/c1-23(2,18-4-6-19(25)7-5-18)22(28)26-16-24(17-26)12-14-27(15-13-24)32(29,30)21-10-8-20(31-3)9-11-21/h4-11H,12-17H2,1-3H3. The molecule has 1 amide bonds. The van der Waals surface area contributed by atoms with Crippen molar-refractivity contribution in [2.75, 3.05) is 33.3 Å². The van der Waals surface area contributed by atoms with Crippen LogP contribution in [0.25, 0.3) is 0 Å². The molecule has 0 N–H and O–H groups in total. The van der Waals surface area contributed by atoms with Crippen LogP contribution in [0, 0.1) is 5.41 Å². The van der Waals surface area contributed by atoms with Crippen LogP contribution in [-0.2, 0) is 20.2 Å². The number of benzene rings is 2. The van der Waals surface area contributed by atoms with E-state index in [-0.39, 0.29) is 16.2 Å². The van der Waals surface area contributed by atoms with Crippen molar-refractivity contribution >= 4 is 27.5 Å². The van der Waals surface area contributed by atoms with Gasteiger partial charge >= 0.3 is 0 Å². The molecule has 2 fully saturated rings. The number of hydrogen-bond acceptors (Lipinski definition) is 4. The zero-order valence-electron chi connectivity index (χ0n) is 18.7. The second kappa shape index (κ2) is 8.36. The zero-order valence-corrected chi connectivity index (χ0v) is 20.2. The Kier molecular flexibility index (Phi) is 6.03. The lowest BCUT2D eigenvalue weighted by molar-refractivity contribution is -0.151. The van der Waals surface area contributed by atoms with Crippen LogP contribution in [-0.4, -0.2) is 56.8 Å². The summed E-state index contributed by atoms with van der Waals surface area (Å²) in [7, 11) is -1.98. The number of halogens is 1. The molecule has 2 saturated heterocycles. The van der Waals surface area contributed by atoms with Gasteiger partial charge in [0.25, 0.3) is 0 Å². The van der Waals surface area contributed by atoms with E-state index in [0.29, 0.717) is 37.0 Å².